The van der Waals surface area contributed by atoms with E-state index in [0.29, 0.717) is 12.5 Å². The molecule has 18 heavy (non-hydrogen) atoms. The number of nitrogens with zero attached hydrogens (tertiary/aromatic N) is 1. The molecule has 2 rings (SSSR count). The van der Waals surface area contributed by atoms with Gasteiger partial charge in [0.2, 0.25) is 0 Å². The van der Waals surface area contributed by atoms with Crippen molar-refractivity contribution in [3.05, 3.63) is 21.3 Å². The van der Waals surface area contributed by atoms with Crippen LogP contribution in [0.3, 0.4) is 0 Å². The Bertz CT molecular complexity index is 407. The number of esters is 1. The lowest BCUT2D eigenvalue weighted by molar-refractivity contribution is -0.142. The van der Waals surface area contributed by atoms with Crippen molar-refractivity contribution in [1.29, 1.82) is 0 Å². The smallest absolute Gasteiger partial charge is 0.307 e. The van der Waals surface area contributed by atoms with E-state index < -0.39 is 0 Å². The first-order valence-corrected chi connectivity index (χ1v) is 7.43. The molecule has 1 saturated heterocycles. The fourth-order valence-electron chi connectivity index (χ4n) is 2.41. The molecule has 1 aromatic rings. The van der Waals surface area contributed by atoms with Crippen molar-refractivity contribution in [3.8, 4) is 0 Å². The van der Waals surface area contributed by atoms with Crippen molar-refractivity contribution in [1.82, 2.24) is 4.90 Å². The first kappa shape index (κ1) is 13.8. The molecule has 0 bridgehead atoms. The summed E-state index contributed by atoms with van der Waals surface area (Å²) in [6, 6.07) is 4.31. The molecule has 100 valence electrons. The zero-order chi connectivity index (χ0) is 13.0. The number of carbonyl (C=O) groups excluding carboxylic acids is 1. The van der Waals surface area contributed by atoms with Gasteiger partial charge < -0.3 is 4.74 Å². The van der Waals surface area contributed by atoms with E-state index in [4.69, 9.17) is 16.3 Å². The van der Waals surface area contributed by atoms with Crippen molar-refractivity contribution in [3.63, 3.8) is 0 Å². The minimum Gasteiger partial charge on any atom is -0.469 e. The molecule has 0 saturated carbocycles. The van der Waals surface area contributed by atoms with Crippen LogP contribution >= 0.6 is 22.9 Å². The van der Waals surface area contributed by atoms with E-state index in [9.17, 15) is 4.79 Å². The van der Waals surface area contributed by atoms with Crippen LogP contribution in [0.4, 0.5) is 0 Å². The van der Waals surface area contributed by atoms with Gasteiger partial charge in [-0.1, -0.05) is 18.0 Å². The van der Waals surface area contributed by atoms with Gasteiger partial charge in [0.05, 0.1) is 17.9 Å². The highest BCUT2D eigenvalue weighted by atomic mass is 35.5. The predicted molar refractivity (Wildman–Crippen MR) is 74.0 cm³/mol. The first-order chi connectivity index (χ1) is 8.69. The highest BCUT2D eigenvalue weighted by Gasteiger charge is 2.25. The van der Waals surface area contributed by atoms with Gasteiger partial charge in [-0.15, -0.1) is 11.3 Å². The Morgan fingerprint density at radius 2 is 2.39 bits per heavy atom. The van der Waals surface area contributed by atoms with Crippen LogP contribution in [-0.2, 0) is 16.1 Å². The molecule has 1 aliphatic heterocycles. The molecule has 1 atom stereocenters. The lowest BCUT2D eigenvalue weighted by atomic mass is 9.99. The van der Waals surface area contributed by atoms with E-state index in [2.05, 4.69) is 11.0 Å². The molecule has 1 fully saturated rings. The number of likely N-dealkylation sites (tertiary alicyclic amines) is 1. The third-order valence-corrected chi connectivity index (χ3v) is 4.58. The lowest BCUT2D eigenvalue weighted by Gasteiger charge is -2.34. The van der Waals surface area contributed by atoms with Crippen molar-refractivity contribution >= 4 is 28.9 Å². The second kappa shape index (κ2) is 6.55. The molecule has 0 spiro atoms. The standard InChI is InChI=1S/C13H18ClNO2S/c1-17-13(16)8-10-4-2-3-7-15(10)9-11-5-6-12(14)18-11/h5-6,10H,2-4,7-9H2,1H3. The summed E-state index contributed by atoms with van der Waals surface area (Å²) >= 11 is 7.56. The molecule has 0 N–H and O–H groups in total. The Labute approximate surface area is 117 Å². The number of piperidine rings is 1. The summed E-state index contributed by atoms with van der Waals surface area (Å²) in [4.78, 5) is 15.1. The van der Waals surface area contributed by atoms with Crippen molar-refractivity contribution < 1.29 is 9.53 Å². The van der Waals surface area contributed by atoms with Crippen molar-refractivity contribution in [2.24, 2.45) is 0 Å². The average Bonchev–Trinajstić information content (AvgIpc) is 2.77. The Hall–Kier alpha value is -0.580. The van der Waals surface area contributed by atoms with Crippen LogP contribution in [0.1, 0.15) is 30.6 Å². The molecular formula is C13H18ClNO2S. The average molecular weight is 288 g/mol. The number of halogens is 1. The van der Waals surface area contributed by atoms with Gasteiger partial charge in [-0.2, -0.15) is 0 Å². The van der Waals surface area contributed by atoms with Crippen LogP contribution < -0.4 is 0 Å². The molecule has 2 heterocycles. The van der Waals surface area contributed by atoms with E-state index in [1.54, 1.807) is 11.3 Å². The van der Waals surface area contributed by atoms with Gasteiger partial charge in [-0.25, -0.2) is 0 Å². The Balaban J connectivity index is 1.96. The molecule has 1 aromatic heterocycles. The molecule has 0 aromatic carbocycles. The molecule has 3 nitrogen and oxygen atoms in total. The van der Waals surface area contributed by atoms with E-state index in [1.165, 1.54) is 24.8 Å². The van der Waals surface area contributed by atoms with Crippen LogP contribution in [0, 0.1) is 0 Å². The second-order valence-corrected chi connectivity index (χ2v) is 6.41. The molecule has 0 aliphatic carbocycles. The molecule has 1 unspecified atom stereocenters. The number of carbonyl (C=O) groups is 1. The molecule has 0 amide bonds. The van der Waals surface area contributed by atoms with E-state index in [0.717, 1.165) is 23.8 Å². The SMILES string of the molecule is COC(=O)CC1CCCCN1Cc1ccc(Cl)s1. The van der Waals surface area contributed by atoms with Crippen LogP contribution in [0.5, 0.6) is 0 Å². The van der Waals surface area contributed by atoms with Gasteiger partial charge in [-0.05, 0) is 31.5 Å². The minimum atomic E-state index is -0.115. The first-order valence-electron chi connectivity index (χ1n) is 6.24. The summed E-state index contributed by atoms with van der Waals surface area (Å²) in [5.41, 5.74) is 0. The monoisotopic (exact) mass is 287 g/mol. The quantitative estimate of drug-likeness (QED) is 0.796. The molecule has 5 heteroatoms. The summed E-state index contributed by atoms with van der Waals surface area (Å²) in [6.07, 6.45) is 3.98. The highest BCUT2D eigenvalue weighted by molar-refractivity contribution is 7.16. The van der Waals surface area contributed by atoms with Gasteiger partial charge in [0.1, 0.15) is 0 Å². The van der Waals surface area contributed by atoms with Crippen LogP contribution in [0.2, 0.25) is 4.34 Å². The molecule has 0 radical (unpaired) electrons. The highest BCUT2D eigenvalue weighted by Crippen LogP contribution is 2.27. The van der Waals surface area contributed by atoms with Gasteiger partial charge in [0.15, 0.2) is 0 Å². The van der Waals surface area contributed by atoms with Gasteiger partial charge in [0, 0.05) is 17.5 Å². The summed E-state index contributed by atoms with van der Waals surface area (Å²) in [6.45, 7) is 1.94. The third kappa shape index (κ3) is 3.70. The molecule has 1 aliphatic rings. The Morgan fingerprint density at radius 1 is 1.56 bits per heavy atom. The second-order valence-electron chi connectivity index (χ2n) is 4.61. The zero-order valence-electron chi connectivity index (χ0n) is 10.5. The minimum absolute atomic E-state index is 0.115. The number of thiophene rings is 1. The number of hydrogen-bond donors (Lipinski definition) is 0. The maximum atomic E-state index is 11.4. The maximum absolute atomic E-state index is 11.4. The topological polar surface area (TPSA) is 29.5 Å². The summed E-state index contributed by atoms with van der Waals surface area (Å²) in [5.74, 6) is -0.115. The number of rotatable bonds is 4. The van der Waals surface area contributed by atoms with Crippen LogP contribution in [0.25, 0.3) is 0 Å². The van der Waals surface area contributed by atoms with E-state index in [1.807, 2.05) is 6.07 Å². The number of ether oxygens (including phenoxy) is 1. The van der Waals surface area contributed by atoms with Crippen LogP contribution in [-0.4, -0.2) is 30.6 Å². The normalized spacial score (nSPS) is 20.9. The predicted octanol–water partition coefficient (Wildman–Crippen LogP) is 3.32. The largest absolute Gasteiger partial charge is 0.469 e. The molecular weight excluding hydrogens is 270 g/mol. The third-order valence-electron chi connectivity index (χ3n) is 3.37. The van der Waals surface area contributed by atoms with Crippen molar-refractivity contribution in [2.45, 2.75) is 38.3 Å². The summed E-state index contributed by atoms with van der Waals surface area (Å²) in [5, 5.41) is 0. The summed E-state index contributed by atoms with van der Waals surface area (Å²) < 4.78 is 5.60. The van der Waals surface area contributed by atoms with E-state index >= 15 is 0 Å². The fourth-order valence-corrected chi connectivity index (χ4v) is 3.53. The summed E-state index contributed by atoms with van der Waals surface area (Å²) in [7, 11) is 1.45. The van der Waals surface area contributed by atoms with Gasteiger partial charge in [-0.3, -0.25) is 9.69 Å². The lowest BCUT2D eigenvalue weighted by Crippen LogP contribution is -2.40. The van der Waals surface area contributed by atoms with Gasteiger partial charge >= 0.3 is 5.97 Å². The van der Waals surface area contributed by atoms with Gasteiger partial charge in [0.25, 0.3) is 0 Å². The van der Waals surface area contributed by atoms with Crippen molar-refractivity contribution in [2.75, 3.05) is 13.7 Å². The Kier molecular flexibility index (Phi) is 5.03. The Morgan fingerprint density at radius 3 is 3.06 bits per heavy atom. The number of methoxy groups -OCH3 is 1. The van der Waals surface area contributed by atoms with Crippen LogP contribution in [0.15, 0.2) is 12.1 Å². The number of hydrogen-bond acceptors (Lipinski definition) is 4. The maximum Gasteiger partial charge on any atom is 0.307 e. The zero-order valence-corrected chi connectivity index (χ0v) is 12.1. The fraction of sp³-hybridized carbons (Fsp3) is 0.615. The van der Waals surface area contributed by atoms with E-state index in [-0.39, 0.29) is 5.97 Å².